The Morgan fingerprint density at radius 2 is 1.79 bits per heavy atom. The van der Waals surface area contributed by atoms with Gasteiger partial charge < -0.3 is 14.8 Å². The Morgan fingerprint density at radius 3 is 2.50 bits per heavy atom. The van der Waals surface area contributed by atoms with Crippen LogP contribution in [0.25, 0.3) is 0 Å². The molecule has 8 nitrogen and oxygen atoms in total. The number of ether oxygens (including phenoxy) is 2. The van der Waals surface area contributed by atoms with Crippen LogP contribution in [-0.2, 0) is 9.59 Å². The molecule has 2 atom stereocenters. The third-order valence-corrected chi connectivity index (χ3v) is 7.63. The normalized spacial score (nSPS) is 18.7. The van der Waals surface area contributed by atoms with E-state index in [4.69, 9.17) is 26.2 Å². The van der Waals surface area contributed by atoms with Gasteiger partial charge >= 0.3 is 0 Å². The Bertz CT molecular complexity index is 1410. The number of carbonyl (C=O) groups excluding carboxylic acids is 2. The van der Waals surface area contributed by atoms with E-state index in [0.717, 1.165) is 22.6 Å². The van der Waals surface area contributed by atoms with E-state index < -0.39 is 5.25 Å². The van der Waals surface area contributed by atoms with Crippen LogP contribution in [0.5, 0.6) is 11.5 Å². The highest BCUT2D eigenvalue weighted by Gasteiger charge is 2.39. The van der Waals surface area contributed by atoms with Gasteiger partial charge in [-0.05, 0) is 54.1 Å². The maximum absolute atomic E-state index is 12.8. The average molecular weight is 549 g/mol. The molecule has 3 aromatic carbocycles. The minimum absolute atomic E-state index is 0.00552. The van der Waals surface area contributed by atoms with Crippen molar-refractivity contribution in [2.24, 2.45) is 10.1 Å². The third-order valence-electron chi connectivity index (χ3n) is 6.24. The number of hydrogen-bond acceptors (Lipinski definition) is 7. The van der Waals surface area contributed by atoms with Crippen molar-refractivity contribution in [2.75, 3.05) is 19.5 Å². The summed E-state index contributed by atoms with van der Waals surface area (Å²) >= 11 is 7.38. The predicted molar refractivity (Wildman–Crippen MR) is 150 cm³/mol. The van der Waals surface area contributed by atoms with Gasteiger partial charge in [-0.15, -0.1) is 0 Å². The molecule has 2 aliphatic heterocycles. The molecular weight excluding hydrogens is 524 g/mol. The zero-order valence-corrected chi connectivity index (χ0v) is 22.3. The van der Waals surface area contributed by atoms with E-state index in [1.165, 1.54) is 11.8 Å². The molecule has 5 rings (SSSR count). The average Bonchev–Trinajstić information content (AvgIpc) is 3.53. The Morgan fingerprint density at radius 1 is 1.05 bits per heavy atom. The second-order valence-electron chi connectivity index (χ2n) is 8.71. The summed E-state index contributed by atoms with van der Waals surface area (Å²) in [5, 5.41) is 9.95. The molecule has 0 unspecified atom stereocenters. The van der Waals surface area contributed by atoms with Crippen molar-refractivity contribution in [2.45, 2.75) is 24.1 Å². The van der Waals surface area contributed by atoms with Gasteiger partial charge in [0, 0.05) is 29.1 Å². The second-order valence-corrected chi connectivity index (χ2v) is 10.3. The first-order valence-electron chi connectivity index (χ1n) is 11.9. The first-order chi connectivity index (χ1) is 18.4. The number of amides is 2. The van der Waals surface area contributed by atoms with E-state index in [0.29, 0.717) is 28.0 Å². The summed E-state index contributed by atoms with van der Waals surface area (Å²) in [5.74, 6) is 0.804. The number of halogens is 1. The SMILES string of the molecule is COc1ccc(NC(=O)C[C@H]2SC(N3N=C(c4cccc(OC)c4)C[C@@H]3c3ccc(Cl)cc3)=NC2=O)cc1. The van der Waals surface area contributed by atoms with E-state index in [1.807, 2.05) is 48.5 Å². The van der Waals surface area contributed by atoms with Crippen molar-refractivity contribution in [3.05, 3.63) is 88.9 Å². The van der Waals surface area contributed by atoms with Gasteiger partial charge in [0.2, 0.25) is 5.91 Å². The molecule has 0 aliphatic carbocycles. The number of nitrogens with one attached hydrogen (secondary N) is 1. The molecule has 0 aromatic heterocycles. The van der Waals surface area contributed by atoms with Crippen molar-refractivity contribution in [3.8, 4) is 11.5 Å². The zero-order valence-electron chi connectivity index (χ0n) is 20.8. The summed E-state index contributed by atoms with van der Waals surface area (Å²) in [6, 6.07) is 22.1. The highest BCUT2D eigenvalue weighted by Crippen LogP contribution is 2.39. The number of thioether (sulfide) groups is 1. The summed E-state index contributed by atoms with van der Waals surface area (Å²) in [4.78, 5) is 29.8. The van der Waals surface area contributed by atoms with E-state index in [2.05, 4.69) is 10.3 Å². The molecule has 38 heavy (non-hydrogen) atoms. The molecule has 10 heteroatoms. The van der Waals surface area contributed by atoms with E-state index >= 15 is 0 Å². The fourth-order valence-electron chi connectivity index (χ4n) is 4.27. The van der Waals surface area contributed by atoms with Gasteiger partial charge in [0.1, 0.15) is 16.7 Å². The number of hydrogen-bond donors (Lipinski definition) is 1. The van der Waals surface area contributed by atoms with Crippen molar-refractivity contribution in [1.29, 1.82) is 0 Å². The topological polar surface area (TPSA) is 92.6 Å². The second kappa shape index (κ2) is 11.3. The van der Waals surface area contributed by atoms with Crippen molar-refractivity contribution in [1.82, 2.24) is 5.01 Å². The Hall–Kier alpha value is -3.82. The van der Waals surface area contributed by atoms with Crippen LogP contribution in [0.4, 0.5) is 5.69 Å². The highest BCUT2D eigenvalue weighted by atomic mass is 35.5. The number of methoxy groups -OCH3 is 2. The summed E-state index contributed by atoms with van der Waals surface area (Å²) in [6.45, 7) is 0. The van der Waals surface area contributed by atoms with Crippen molar-refractivity contribution in [3.63, 3.8) is 0 Å². The van der Waals surface area contributed by atoms with Crippen LogP contribution in [-0.4, -0.2) is 47.2 Å². The summed E-state index contributed by atoms with van der Waals surface area (Å²) in [7, 11) is 3.20. The Balaban J connectivity index is 1.34. The maximum Gasteiger partial charge on any atom is 0.262 e. The Labute approximate surface area is 229 Å². The number of nitrogens with zero attached hydrogens (tertiary/aromatic N) is 3. The van der Waals surface area contributed by atoms with Crippen LogP contribution in [0.15, 0.2) is 82.9 Å². The number of aliphatic imine (C=N–C) groups is 1. The maximum atomic E-state index is 12.8. The molecule has 0 fully saturated rings. The van der Waals surface area contributed by atoms with Gasteiger partial charge in [-0.1, -0.05) is 47.6 Å². The van der Waals surface area contributed by atoms with Crippen LogP contribution in [0.1, 0.15) is 30.0 Å². The zero-order chi connectivity index (χ0) is 26.6. The number of benzene rings is 3. The monoisotopic (exact) mass is 548 g/mol. The number of anilines is 1. The lowest BCUT2D eigenvalue weighted by Gasteiger charge is -2.23. The van der Waals surface area contributed by atoms with Crippen molar-refractivity contribution >= 4 is 51.7 Å². The van der Waals surface area contributed by atoms with Gasteiger partial charge in [0.05, 0.1) is 26.0 Å². The predicted octanol–water partition coefficient (Wildman–Crippen LogP) is 5.54. The van der Waals surface area contributed by atoms with Gasteiger partial charge in [-0.3, -0.25) is 9.59 Å². The number of hydrazone groups is 1. The first kappa shape index (κ1) is 25.8. The minimum Gasteiger partial charge on any atom is -0.497 e. The van der Waals surface area contributed by atoms with E-state index in [-0.39, 0.29) is 24.3 Å². The van der Waals surface area contributed by atoms with Crippen LogP contribution in [0.3, 0.4) is 0 Å². The van der Waals surface area contributed by atoms with E-state index in [9.17, 15) is 9.59 Å². The molecule has 194 valence electrons. The van der Waals surface area contributed by atoms with Crippen LogP contribution >= 0.6 is 23.4 Å². The molecule has 0 bridgehead atoms. The number of rotatable bonds is 7. The fourth-order valence-corrected chi connectivity index (χ4v) is 5.46. The minimum atomic E-state index is -0.634. The molecule has 0 saturated carbocycles. The summed E-state index contributed by atoms with van der Waals surface area (Å²) in [6.07, 6.45) is 0.597. The fraction of sp³-hybridized carbons (Fsp3) is 0.214. The molecule has 2 aliphatic rings. The molecule has 0 radical (unpaired) electrons. The molecular formula is C28H25ClN4O4S. The van der Waals surface area contributed by atoms with Gasteiger partial charge in [-0.25, -0.2) is 5.01 Å². The summed E-state index contributed by atoms with van der Waals surface area (Å²) in [5.41, 5.74) is 3.39. The number of carbonyl (C=O) groups is 2. The van der Waals surface area contributed by atoms with Crippen LogP contribution in [0.2, 0.25) is 5.02 Å². The lowest BCUT2D eigenvalue weighted by Crippen LogP contribution is -2.25. The van der Waals surface area contributed by atoms with Gasteiger partial charge in [0.15, 0.2) is 5.17 Å². The summed E-state index contributed by atoms with van der Waals surface area (Å²) < 4.78 is 10.5. The molecule has 0 spiro atoms. The van der Waals surface area contributed by atoms with E-state index in [1.54, 1.807) is 43.5 Å². The van der Waals surface area contributed by atoms with Crippen molar-refractivity contribution < 1.29 is 19.1 Å². The molecule has 2 heterocycles. The lowest BCUT2D eigenvalue weighted by atomic mass is 9.98. The third kappa shape index (κ3) is 5.69. The molecule has 3 aromatic rings. The van der Waals surface area contributed by atoms with Crippen LogP contribution < -0.4 is 14.8 Å². The smallest absolute Gasteiger partial charge is 0.262 e. The Kier molecular flexibility index (Phi) is 7.67. The molecule has 1 N–H and O–H groups in total. The van der Waals surface area contributed by atoms with Crippen LogP contribution in [0, 0.1) is 0 Å². The standard InChI is InChI=1S/C28H25ClN4O4S/c1-36-21-12-10-20(11-13-21)30-26(34)16-25-27(35)31-28(38-25)33-24(17-6-8-19(29)9-7-17)15-23(32-33)18-4-3-5-22(14-18)37-2/h3-14,24-25H,15-16H2,1-2H3,(H,30,34)/t24-,25-/m1/s1. The van der Waals surface area contributed by atoms with Gasteiger partial charge in [-0.2, -0.15) is 10.1 Å². The van der Waals surface area contributed by atoms with Gasteiger partial charge in [0.25, 0.3) is 5.91 Å². The molecule has 0 saturated heterocycles. The quantitative estimate of drug-likeness (QED) is 0.417. The largest absolute Gasteiger partial charge is 0.497 e. The number of amidine groups is 1. The highest BCUT2D eigenvalue weighted by molar-refractivity contribution is 8.15. The first-order valence-corrected chi connectivity index (χ1v) is 13.2. The lowest BCUT2D eigenvalue weighted by molar-refractivity contribution is -0.121. The molecule has 2 amide bonds.